The van der Waals surface area contributed by atoms with Crippen molar-refractivity contribution in [3.05, 3.63) is 41.4 Å². The van der Waals surface area contributed by atoms with E-state index in [1.165, 1.54) is 0 Å². The second-order valence-electron chi connectivity index (χ2n) is 5.33. The number of nitrogens with one attached hydrogen (secondary N) is 2. The Morgan fingerprint density at radius 3 is 2.52 bits per heavy atom. The van der Waals surface area contributed by atoms with Gasteiger partial charge in [0.05, 0.1) is 23.9 Å². The molecule has 1 aliphatic heterocycles. The van der Waals surface area contributed by atoms with E-state index in [4.69, 9.17) is 25.8 Å². The number of hydrogen-bond donors (Lipinski definition) is 2. The minimum Gasteiger partial charge on any atom is -0.494 e. The van der Waals surface area contributed by atoms with E-state index in [0.717, 1.165) is 11.4 Å². The van der Waals surface area contributed by atoms with Crippen molar-refractivity contribution in [2.45, 2.75) is 6.92 Å². The van der Waals surface area contributed by atoms with Gasteiger partial charge in [0.1, 0.15) is 19.0 Å². The zero-order valence-electron chi connectivity index (χ0n) is 13.8. The van der Waals surface area contributed by atoms with Gasteiger partial charge in [-0.15, -0.1) is 0 Å². The number of halogens is 1. The molecule has 2 N–H and O–H groups in total. The third-order valence-electron chi connectivity index (χ3n) is 3.52. The van der Waals surface area contributed by atoms with E-state index in [1.807, 2.05) is 31.2 Å². The fourth-order valence-corrected chi connectivity index (χ4v) is 2.57. The molecule has 0 aromatic heterocycles. The molecule has 0 aliphatic carbocycles. The number of ether oxygens (including phenoxy) is 3. The molecule has 0 spiro atoms. The maximum atomic E-state index is 12.1. The van der Waals surface area contributed by atoms with Crippen molar-refractivity contribution in [2.24, 2.45) is 0 Å². The molecule has 0 atom stereocenters. The minimum absolute atomic E-state index is 0.110. The molecule has 0 bridgehead atoms. The fourth-order valence-electron chi connectivity index (χ4n) is 2.37. The van der Waals surface area contributed by atoms with Crippen molar-refractivity contribution in [3.8, 4) is 17.2 Å². The molecule has 0 saturated carbocycles. The molecule has 0 fully saturated rings. The van der Waals surface area contributed by atoms with Crippen LogP contribution in [0.3, 0.4) is 0 Å². The van der Waals surface area contributed by atoms with Gasteiger partial charge >= 0.3 is 0 Å². The predicted molar refractivity (Wildman–Crippen MR) is 97.2 cm³/mol. The summed E-state index contributed by atoms with van der Waals surface area (Å²) in [4.78, 5) is 12.1. The summed E-state index contributed by atoms with van der Waals surface area (Å²) in [5.41, 5.74) is 1.32. The smallest absolute Gasteiger partial charge is 0.243 e. The van der Waals surface area contributed by atoms with Crippen LogP contribution in [0.15, 0.2) is 36.4 Å². The van der Waals surface area contributed by atoms with E-state index in [2.05, 4.69) is 10.6 Å². The van der Waals surface area contributed by atoms with Gasteiger partial charge < -0.3 is 24.8 Å². The zero-order valence-corrected chi connectivity index (χ0v) is 14.6. The largest absolute Gasteiger partial charge is 0.494 e. The Bertz CT molecular complexity index is 749. The minimum atomic E-state index is -0.215. The van der Waals surface area contributed by atoms with E-state index < -0.39 is 0 Å². The third kappa shape index (κ3) is 4.48. The highest BCUT2D eigenvalue weighted by Gasteiger charge is 2.16. The number of anilines is 2. The molecule has 0 unspecified atom stereocenters. The van der Waals surface area contributed by atoms with E-state index >= 15 is 0 Å². The normalized spacial score (nSPS) is 12.4. The molecular weight excluding hydrogens is 344 g/mol. The molecule has 6 nitrogen and oxygen atoms in total. The van der Waals surface area contributed by atoms with Crippen LogP contribution in [0, 0.1) is 0 Å². The van der Waals surface area contributed by atoms with Crippen molar-refractivity contribution in [2.75, 3.05) is 37.0 Å². The maximum absolute atomic E-state index is 12.1. The summed E-state index contributed by atoms with van der Waals surface area (Å²) >= 11 is 6.18. The Balaban J connectivity index is 1.57. The molecule has 3 rings (SSSR count). The van der Waals surface area contributed by atoms with E-state index in [1.54, 1.807) is 12.1 Å². The van der Waals surface area contributed by atoms with Gasteiger partial charge in [-0.25, -0.2) is 0 Å². The Hall–Kier alpha value is -2.60. The molecule has 1 amide bonds. The summed E-state index contributed by atoms with van der Waals surface area (Å²) in [6.45, 7) is 3.62. The summed E-state index contributed by atoms with van der Waals surface area (Å²) in [5, 5.41) is 6.22. The van der Waals surface area contributed by atoms with Gasteiger partial charge in [0.2, 0.25) is 5.91 Å². The van der Waals surface area contributed by atoms with Crippen LogP contribution in [-0.2, 0) is 4.79 Å². The SMILES string of the molecule is CCOc1ccc(NCC(=O)Nc2cc3c(cc2Cl)OCCO3)cc1. The van der Waals surface area contributed by atoms with Gasteiger partial charge in [-0.2, -0.15) is 0 Å². The second kappa shape index (κ2) is 7.98. The van der Waals surface area contributed by atoms with Crippen molar-refractivity contribution in [1.29, 1.82) is 0 Å². The molecule has 0 radical (unpaired) electrons. The lowest BCUT2D eigenvalue weighted by molar-refractivity contribution is -0.114. The highest BCUT2D eigenvalue weighted by Crippen LogP contribution is 2.37. The monoisotopic (exact) mass is 362 g/mol. The Kier molecular flexibility index (Phi) is 5.50. The van der Waals surface area contributed by atoms with Crippen LogP contribution in [0.2, 0.25) is 5.02 Å². The molecule has 7 heteroatoms. The highest BCUT2D eigenvalue weighted by molar-refractivity contribution is 6.34. The summed E-state index contributed by atoms with van der Waals surface area (Å²) in [5.74, 6) is 1.74. The molecule has 2 aromatic rings. The lowest BCUT2D eigenvalue weighted by atomic mass is 10.2. The van der Waals surface area contributed by atoms with Crippen LogP contribution in [0.1, 0.15) is 6.92 Å². The first-order valence-electron chi connectivity index (χ1n) is 8.01. The number of benzene rings is 2. The van der Waals surface area contributed by atoms with E-state index in [9.17, 15) is 4.79 Å². The van der Waals surface area contributed by atoms with Gasteiger partial charge in [-0.1, -0.05) is 11.6 Å². The van der Waals surface area contributed by atoms with Crippen LogP contribution in [0.4, 0.5) is 11.4 Å². The van der Waals surface area contributed by atoms with E-state index in [-0.39, 0.29) is 12.5 Å². The summed E-state index contributed by atoms with van der Waals surface area (Å²) in [6, 6.07) is 10.7. The quantitative estimate of drug-likeness (QED) is 0.822. The number of carbonyl (C=O) groups excluding carboxylic acids is 1. The highest BCUT2D eigenvalue weighted by atomic mass is 35.5. The zero-order chi connectivity index (χ0) is 17.6. The Morgan fingerprint density at radius 2 is 1.84 bits per heavy atom. The van der Waals surface area contributed by atoms with Gasteiger partial charge in [0.15, 0.2) is 11.5 Å². The number of hydrogen-bond acceptors (Lipinski definition) is 5. The van der Waals surface area contributed by atoms with Crippen LogP contribution < -0.4 is 24.8 Å². The number of carbonyl (C=O) groups is 1. The van der Waals surface area contributed by atoms with Crippen molar-refractivity contribution >= 4 is 28.9 Å². The molecule has 2 aromatic carbocycles. The molecule has 132 valence electrons. The predicted octanol–water partition coefficient (Wildman–Crippen LogP) is 3.56. The average Bonchev–Trinajstić information content (AvgIpc) is 2.62. The summed E-state index contributed by atoms with van der Waals surface area (Å²) < 4.78 is 16.3. The number of fused-ring (bicyclic) bond motifs is 1. The second-order valence-corrected chi connectivity index (χ2v) is 5.74. The molecular formula is C18H19ClN2O4. The van der Waals surface area contributed by atoms with Gasteiger partial charge in [-0.3, -0.25) is 4.79 Å². The first kappa shape index (κ1) is 17.2. The van der Waals surface area contributed by atoms with Gasteiger partial charge in [-0.05, 0) is 31.2 Å². The molecule has 1 heterocycles. The van der Waals surface area contributed by atoms with Crippen molar-refractivity contribution in [3.63, 3.8) is 0 Å². The van der Waals surface area contributed by atoms with Gasteiger partial charge in [0, 0.05) is 17.8 Å². The van der Waals surface area contributed by atoms with Crippen LogP contribution in [0.25, 0.3) is 0 Å². The molecule has 0 saturated heterocycles. The van der Waals surface area contributed by atoms with E-state index in [0.29, 0.717) is 42.0 Å². The van der Waals surface area contributed by atoms with Crippen LogP contribution in [0.5, 0.6) is 17.2 Å². The third-order valence-corrected chi connectivity index (χ3v) is 3.84. The lowest BCUT2D eigenvalue weighted by Crippen LogP contribution is -2.22. The topological polar surface area (TPSA) is 68.8 Å². The molecule has 25 heavy (non-hydrogen) atoms. The first-order valence-corrected chi connectivity index (χ1v) is 8.39. The summed E-state index contributed by atoms with van der Waals surface area (Å²) in [7, 11) is 0. The standard InChI is InChI=1S/C18H19ClN2O4/c1-2-23-13-5-3-12(4-6-13)20-11-18(22)21-15-10-17-16(9-14(15)19)24-7-8-25-17/h3-6,9-10,20H,2,7-8,11H2,1H3,(H,21,22). The lowest BCUT2D eigenvalue weighted by Gasteiger charge is -2.20. The van der Waals surface area contributed by atoms with Gasteiger partial charge in [0.25, 0.3) is 0 Å². The maximum Gasteiger partial charge on any atom is 0.243 e. The average molecular weight is 363 g/mol. The van der Waals surface area contributed by atoms with Crippen molar-refractivity contribution < 1.29 is 19.0 Å². The summed E-state index contributed by atoms with van der Waals surface area (Å²) in [6.07, 6.45) is 0. The Morgan fingerprint density at radius 1 is 1.16 bits per heavy atom. The Labute approximate surface area is 151 Å². The van der Waals surface area contributed by atoms with Crippen molar-refractivity contribution in [1.82, 2.24) is 0 Å². The van der Waals surface area contributed by atoms with Crippen LogP contribution >= 0.6 is 11.6 Å². The number of amides is 1. The van der Waals surface area contributed by atoms with Crippen LogP contribution in [-0.4, -0.2) is 32.3 Å². The first-order chi connectivity index (χ1) is 12.2. The fraction of sp³-hybridized carbons (Fsp3) is 0.278. The number of rotatable bonds is 6. The molecule has 1 aliphatic rings.